The van der Waals surface area contributed by atoms with E-state index >= 15 is 4.39 Å². The molecule has 1 N–H and O–H groups in total. The number of aromatic carboxylic acids is 1. The van der Waals surface area contributed by atoms with E-state index in [1.54, 1.807) is 24.3 Å². The van der Waals surface area contributed by atoms with Gasteiger partial charge < -0.3 is 5.11 Å². The fourth-order valence-electron chi connectivity index (χ4n) is 3.77. The van der Waals surface area contributed by atoms with Crippen molar-refractivity contribution in [2.45, 2.75) is 53.1 Å². The number of halogens is 1. The molecule has 0 spiro atoms. The van der Waals surface area contributed by atoms with Gasteiger partial charge in [0.1, 0.15) is 0 Å². The molecule has 0 unspecified atom stereocenters. The molecule has 5 nitrogen and oxygen atoms in total. The lowest BCUT2D eigenvalue weighted by molar-refractivity contribution is 0.0697. The number of benzene rings is 2. The predicted octanol–water partition coefficient (Wildman–Crippen LogP) is 5.20. The average molecular weight is 425 g/mol. The van der Waals surface area contributed by atoms with Gasteiger partial charge in [-0.2, -0.15) is 4.39 Å². The summed E-state index contributed by atoms with van der Waals surface area (Å²) in [6, 6.07) is 14.3. The van der Waals surface area contributed by atoms with Crippen molar-refractivity contribution in [1.82, 2.24) is 9.13 Å². The maximum atomic E-state index is 15.0. The van der Waals surface area contributed by atoms with E-state index < -0.39 is 11.9 Å². The number of imidazole rings is 1. The van der Waals surface area contributed by atoms with Crippen LogP contribution in [0.5, 0.6) is 0 Å². The van der Waals surface area contributed by atoms with Crippen LogP contribution in [0.3, 0.4) is 0 Å². The van der Waals surface area contributed by atoms with Crippen LogP contribution in [0.4, 0.5) is 4.39 Å². The van der Waals surface area contributed by atoms with Gasteiger partial charge in [-0.15, -0.1) is 0 Å². The van der Waals surface area contributed by atoms with E-state index in [9.17, 15) is 14.7 Å². The summed E-state index contributed by atoms with van der Waals surface area (Å²) in [7, 11) is 0. The maximum Gasteiger partial charge on any atom is 0.336 e. The van der Waals surface area contributed by atoms with Gasteiger partial charge in [0.05, 0.1) is 17.8 Å². The molecule has 0 fully saturated rings. The number of rotatable bonds is 9. The van der Waals surface area contributed by atoms with Gasteiger partial charge in [0.25, 0.3) is 0 Å². The van der Waals surface area contributed by atoms with Gasteiger partial charge in [0.2, 0.25) is 5.95 Å². The summed E-state index contributed by atoms with van der Waals surface area (Å²) in [5.41, 5.74) is 2.64. The van der Waals surface area contributed by atoms with Crippen LogP contribution in [0, 0.1) is 11.9 Å². The Morgan fingerprint density at radius 3 is 2.35 bits per heavy atom. The first-order chi connectivity index (χ1) is 14.8. The molecule has 0 saturated carbocycles. The maximum absolute atomic E-state index is 15.0. The van der Waals surface area contributed by atoms with Crippen LogP contribution < -0.4 is 5.69 Å². The van der Waals surface area contributed by atoms with E-state index in [2.05, 4.69) is 0 Å². The number of carboxylic acid groups (broad SMARTS) is 1. The minimum absolute atomic E-state index is 0.163. The van der Waals surface area contributed by atoms with Crippen LogP contribution in [-0.4, -0.2) is 20.2 Å². The number of carboxylic acids is 1. The first-order valence-corrected chi connectivity index (χ1v) is 10.7. The van der Waals surface area contributed by atoms with Gasteiger partial charge in [0.15, 0.2) is 0 Å². The van der Waals surface area contributed by atoms with Gasteiger partial charge in [0, 0.05) is 6.54 Å². The van der Waals surface area contributed by atoms with Crippen molar-refractivity contribution in [2.75, 3.05) is 0 Å². The van der Waals surface area contributed by atoms with Crippen molar-refractivity contribution in [3.8, 4) is 11.1 Å². The fraction of sp³-hybridized carbons (Fsp3) is 0.360. The first-order valence-electron chi connectivity index (χ1n) is 10.7. The summed E-state index contributed by atoms with van der Waals surface area (Å²) in [5.74, 6) is -1.25. The third-order valence-electron chi connectivity index (χ3n) is 5.34. The SMILES string of the molecule is CCCCc1c(F)n(CC(C)C)c(=O)n1Cc1ccc(-c2ccccc2C(=O)O)cc1. The molecular weight excluding hydrogens is 395 g/mol. The third-order valence-corrected chi connectivity index (χ3v) is 5.34. The van der Waals surface area contributed by atoms with Crippen molar-refractivity contribution in [3.05, 3.63) is 81.8 Å². The minimum Gasteiger partial charge on any atom is -0.478 e. The summed E-state index contributed by atoms with van der Waals surface area (Å²) in [6.07, 6.45) is 2.25. The molecule has 6 heteroatoms. The third kappa shape index (κ3) is 4.95. The largest absolute Gasteiger partial charge is 0.478 e. The summed E-state index contributed by atoms with van der Waals surface area (Å²) in [6.45, 7) is 6.59. The lowest BCUT2D eigenvalue weighted by Gasteiger charge is -2.10. The van der Waals surface area contributed by atoms with Gasteiger partial charge in [-0.05, 0) is 41.5 Å². The number of hydrogen-bond acceptors (Lipinski definition) is 2. The standard InChI is InChI=1S/C25H29FN2O3/c1-4-5-10-22-23(26)28(15-17(2)3)25(31)27(22)16-18-11-13-19(14-12-18)20-8-6-7-9-21(20)24(29)30/h6-9,11-14,17H,4-5,10,15-16H2,1-3H3,(H,29,30). The summed E-state index contributed by atoms with van der Waals surface area (Å²) in [5, 5.41) is 9.42. The van der Waals surface area contributed by atoms with E-state index in [-0.39, 0.29) is 23.7 Å². The molecule has 1 aromatic heterocycles. The van der Waals surface area contributed by atoms with Crippen LogP contribution in [0.25, 0.3) is 11.1 Å². The topological polar surface area (TPSA) is 64.2 Å². The number of nitrogens with zero attached hydrogens (tertiary/aromatic N) is 2. The number of carbonyl (C=O) groups is 1. The van der Waals surface area contributed by atoms with Crippen LogP contribution in [0.1, 0.15) is 55.2 Å². The first kappa shape index (κ1) is 22.5. The molecule has 0 aliphatic heterocycles. The van der Waals surface area contributed by atoms with E-state index in [0.29, 0.717) is 24.2 Å². The Morgan fingerprint density at radius 1 is 1.06 bits per heavy atom. The Kier molecular flexibility index (Phi) is 7.10. The summed E-state index contributed by atoms with van der Waals surface area (Å²) in [4.78, 5) is 24.4. The Balaban J connectivity index is 1.94. The quantitative estimate of drug-likeness (QED) is 0.513. The molecule has 164 valence electrons. The molecule has 3 aromatic rings. The molecule has 31 heavy (non-hydrogen) atoms. The van der Waals surface area contributed by atoms with Crippen molar-refractivity contribution in [1.29, 1.82) is 0 Å². The molecule has 0 bridgehead atoms. The number of unbranched alkanes of at least 4 members (excludes halogenated alkanes) is 1. The average Bonchev–Trinajstić information content (AvgIpc) is 2.96. The molecule has 1 heterocycles. The fourth-order valence-corrected chi connectivity index (χ4v) is 3.77. The predicted molar refractivity (Wildman–Crippen MR) is 120 cm³/mol. The van der Waals surface area contributed by atoms with Crippen LogP contribution >= 0.6 is 0 Å². The normalized spacial score (nSPS) is 11.3. The molecule has 0 aliphatic carbocycles. The minimum atomic E-state index is -0.978. The van der Waals surface area contributed by atoms with Gasteiger partial charge >= 0.3 is 11.7 Å². The highest BCUT2D eigenvalue weighted by Gasteiger charge is 2.20. The van der Waals surface area contributed by atoms with Crippen molar-refractivity contribution in [2.24, 2.45) is 5.92 Å². The molecule has 2 aromatic carbocycles. The lowest BCUT2D eigenvalue weighted by atomic mass is 9.99. The highest BCUT2D eigenvalue weighted by atomic mass is 19.1. The van der Waals surface area contributed by atoms with E-state index in [1.165, 1.54) is 9.13 Å². The van der Waals surface area contributed by atoms with Crippen molar-refractivity contribution < 1.29 is 14.3 Å². The van der Waals surface area contributed by atoms with Crippen molar-refractivity contribution in [3.63, 3.8) is 0 Å². The second-order valence-electron chi connectivity index (χ2n) is 8.26. The monoisotopic (exact) mass is 424 g/mol. The Hall–Kier alpha value is -3.15. The van der Waals surface area contributed by atoms with Gasteiger partial charge in [-0.25, -0.2) is 9.59 Å². The Bertz CT molecular complexity index is 1110. The van der Waals surface area contributed by atoms with Gasteiger partial charge in [-0.3, -0.25) is 9.13 Å². The highest BCUT2D eigenvalue weighted by Crippen LogP contribution is 2.24. The second kappa shape index (κ2) is 9.77. The molecule has 0 radical (unpaired) electrons. The zero-order valence-electron chi connectivity index (χ0n) is 18.3. The number of aromatic nitrogens is 2. The number of hydrogen-bond donors (Lipinski definition) is 1. The molecule has 3 rings (SSSR count). The Morgan fingerprint density at radius 2 is 1.74 bits per heavy atom. The van der Waals surface area contributed by atoms with E-state index in [0.717, 1.165) is 24.0 Å². The van der Waals surface area contributed by atoms with Crippen LogP contribution in [0.2, 0.25) is 0 Å². The summed E-state index contributed by atoms with van der Waals surface area (Å²) >= 11 is 0. The lowest BCUT2D eigenvalue weighted by Crippen LogP contribution is -2.27. The van der Waals surface area contributed by atoms with Gasteiger partial charge in [-0.1, -0.05) is 69.7 Å². The molecule has 0 saturated heterocycles. The van der Waals surface area contributed by atoms with Crippen LogP contribution in [-0.2, 0) is 19.5 Å². The highest BCUT2D eigenvalue weighted by molar-refractivity contribution is 5.95. The molecule has 0 aliphatic rings. The van der Waals surface area contributed by atoms with E-state index in [4.69, 9.17) is 0 Å². The molecule has 0 amide bonds. The van der Waals surface area contributed by atoms with Crippen LogP contribution in [0.15, 0.2) is 53.3 Å². The zero-order valence-corrected chi connectivity index (χ0v) is 18.3. The zero-order chi connectivity index (χ0) is 22.5. The Labute approximate surface area is 181 Å². The molecule has 0 atom stereocenters. The van der Waals surface area contributed by atoms with E-state index in [1.807, 2.05) is 45.0 Å². The summed E-state index contributed by atoms with van der Waals surface area (Å²) < 4.78 is 17.8. The van der Waals surface area contributed by atoms with Crippen molar-refractivity contribution >= 4 is 5.97 Å². The molecular formula is C25H29FN2O3. The second-order valence-corrected chi connectivity index (χ2v) is 8.26. The smallest absolute Gasteiger partial charge is 0.336 e.